The van der Waals surface area contributed by atoms with Gasteiger partial charge in [-0.3, -0.25) is 0 Å². The third-order valence-electron chi connectivity index (χ3n) is 7.06. The van der Waals surface area contributed by atoms with Gasteiger partial charge >= 0.3 is 6.03 Å². The number of carbonyl (C=O) groups is 1. The standard InChI is InChI=1S/C28H36FN7O3/c1-2-3-4-11-38-13-14-39-12-8-30-28(37)35-9-5-6-22(19-35)36-10-7-20-16-31-26(34-27(20)36)24-18-33-25-23(24)15-21(29)17-32-25/h7,10,15-18,22H,2-6,8-9,11-14,19H2,1H3,(H,30,37)(H,32,33)/t22-/m0/s1. The Kier molecular flexibility index (Phi) is 9.00. The Bertz CT molecular complexity index is 1390. The first-order valence-electron chi connectivity index (χ1n) is 13.8. The molecule has 0 spiro atoms. The van der Waals surface area contributed by atoms with Crippen molar-refractivity contribution >= 4 is 28.1 Å². The Morgan fingerprint density at radius 2 is 2.05 bits per heavy atom. The largest absolute Gasteiger partial charge is 0.379 e. The number of carbonyl (C=O) groups excluding carboxylic acids is 1. The van der Waals surface area contributed by atoms with Crippen LogP contribution in [0, 0.1) is 5.82 Å². The minimum Gasteiger partial charge on any atom is -0.379 e. The Hall–Kier alpha value is -3.57. The Labute approximate surface area is 226 Å². The Morgan fingerprint density at radius 3 is 2.92 bits per heavy atom. The predicted octanol–water partition coefficient (Wildman–Crippen LogP) is 4.68. The summed E-state index contributed by atoms with van der Waals surface area (Å²) >= 11 is 0. The summed E-state index contributed by atoms with van der Waals surface area (Å²) < 4.78 is 27.1. The van der Waals surface area contributed by atoms with E-state index >= 15 is 0 Å². The molecular formula is C28H36FN7O3. The average molecular weight is 538 g/mol. The van der Waals surface area contributed by atoms with Gasteiger partial charge in [0.15, 0.2) is 5.82 Å². The van der Waals surface area contributed by atoms with Crippen LogP contribution >= 0.6 is 0 Å². The smallest absolute Gasteiger partial charge is 0.317 e. The van der Waals surface area contributed by atoms with Crippen molar-refractivity contribution in [1.29, 1.82) is 0 Å². The number of H-pyrrole nitrogens is 1. The van der Waals surface area contributed by atoms with E-state index in [0.717, 1.165) is 36.9 Å². The van der Waals surface area contributed by atoms with Crippen LogP contribution in [0.2, 0.25) is 0 Å². The number of fused-ring (bicyclic) bond motifs is 2. The fourth-order valence-corrected chi connectivity index (χ4v) is 5.01. The summed E-state index contributed by atoms with van der Waals surface area (Å²) in [6.07, 6.45) is 12.0. The lowest BCUT2D eigenvalue weighted by molar-refractivity contribution is 0.0475. The van der Waals surface area contributed by atoms with Gasteiger partial charge in [-0.05, 0) is 31.4 Å². The summed E-state index contributed by atoms with van der Waals surface area (Å²) in [6.45, 7) is 6.26. The molecule has 0 aliphatic carbocycles. The molecule has 5 rings (SSSR count). The second-order valence-corrected chi connectivity index (χ2v) is 9.85. The van der Waals surface area contributed by atoms with Gasteiger partial charge in [0.25, 0.3) is 0 Å². The number of nitrogens with zero attached hydrogens (tertiary/aromatic N) is 5. The van der Waals surface area contributed by atoms with Crippen LogP contribution in [-0.2, 0) is 9.47 Å². The SMILES string of the molecule is CCCCCOCCOCCNC(=O)N1CCC[C@H](n2ccc3cnc(-c4c[nH]c5ncc(F)cc45)nc32)C1. The van der Waals surface area contributed by atoms with E-state index in [0.29, 0.717) is 61.9 Å². The summed E-state index contributed by atoms with van der Waals surface area (Å²) in [4.78, 5) is 31.2. The normalized spacial score (nSPS) is 15.8. The minimum absolute atomic E-state index is 0.0841. The van der Waals surface area contributed by atoms with Crippen molar-refractivity contribution < 1.29 is 18.7 Å². The van der Waals surface area contributed by atoms with E-state index in [-0.39, 0.29) is 12.1 Å². The van der Waals surface area contributed by atoms with Gasteiger partial charge in [0, 0.05) is 61.2 Å². The van der Waals surface area contributed by atoms with Crippen molar-refractivity contribution in [2.45, 2.75) is 45.1 Å². The molecule has 0 bridgehead atoms. The molecule has 10 nitrogen and oxygen atoms in total. The quantitative estimate of drug-likeness (QED) is 0.254. The van der Waals surface area contributed by atoms with Crippen LogP contribution in [0.25, 0.3) is 33.5 Å². The lowest BCUT2D eigenvalue weighted by atomic mass is 10.1. The maximum Gasteiger partial charge on any atom is 0.317 e. The first-order valence-corrected chi connectivity index (χ1v) is 13.8. The second kappa shape index (κ2) is 13.0. The van der Waals surface area contributed by atoms with Gasteiger partial charge in [-0.1, -0.05) is 19.8 Å². The Morgan fingerprint density at radius 1 is 1.18 bits per heavy atom. The number of aromatic nitrogens is 5. The summed E-state index contributed by atoms with van der Waals surface area (Å²) in [7, 11) is 0. The molecule has 2 N–H and O–H groups in total. The van der Waals surface area contributed by atoms with E-state index in [9.17, 15) is 9.18 Å². The van der Waals surface area contributed by atoms with Crippen LogP contribution in [0.1, 0.15) is 45.1 Å². The van der Waals surface area contributed by atoms with Crippen molar-refractivity contribution in [3.05, 3.63) is 42.7 Å². The fraction of sp³-hybridized carbons (Fsp3) is 0.500. The summed E-state index contributed by atoms with van der Waals surface area (Å²) in [5.41, 5.74) is 2.07. The van der Waals surface area contributed by atoms with Crippen LogP contribution in [0.4, 0.5) is 9.18 Å². The molecule has 39 heavy (non-hydrogen) atoms. The molecule has 208 valence electrons. The van der Waals surface area contributed by atoms with Crippen molar-refractivity contribution in [2.24, 2.45) is 0 Å². The summed E-state index contributed by atoms with van der Waals surface area (Å²) in [5, 5.41) is 4.52. The van der Waals surface area contributed by atoms with E-state index < -0.39 is 5.82 Å². The molecule has 1 saturated heterocycles. The predicted molar refractivity (Wildman–Crippen MR) is 147 cm³/mol. The zero-order chi connectivity index (χ0) is 27.0. The maximum absolute atomic E-state index is 13.8. The third-order valence-corrected chi connectivity index (χ3v) is 7.06. The van der Waals surface area contributed by atoms with Crippen LogP contribution in [0.3, 0.4) is 0 Å². The first kappa shape index (κ1) is 27.0. The van der Waals surface area contributed by atoms with Crippen LogP contribution in [0.5, 0.6) is 0 Å². The minimum atomic E-state index is -0.410. The van der Waals surface area contributed by atoms with Gasteiger partial charge in [-0.2, -0.15) is 0 Å². The van der Waals surface area contributed by atoms with E-state index in [1.165, 1.54) is 25.1 Å². The van der Waals surface area contributed by atoms with Gasteiger partial charge in [0.2, 0.25) is 0 Å². The lowest BCUT2D eigenvalue weighted by Crippen LogP contribution is -2.46. The molecule has 5 heterocycles. The highest BCUT2D eigenvalue weighted by atomic mass is 19.1. The number of pyridine rings is 1. The molecule has 11 heteroatoms. The number of amides is 2. The molecule has 0 unspecified atom stereocenters. The maximum atomic E-state index is 13.8. The molecule has 4 aromatic rings. The van der Waals surface area contributed by atoms with Gasteiger partial charge in [0.05, 0.1) is 32.1 Å². The molecule has 1 atom stereocenters. The van der Waals surface area contributed by atoms with Crippen molar-refractivity contribution in [3.63, 3.8) is 0 Å². The highest BCUT2D eigenvalue weighted by Gasteiger charge is 2.26. The number of hydrogen-bond acceptors (Lipinski definition) is 6. The number of unbranched alkanes of at least 4 members (excludes halogenated alkanes) is 2. The van der Waals surface area contributed by atoms with Gasteiger partial charge in [-0.25, -0.2) is 24.1 Å². The number of likely N-dealkylation sites (tertiary alicyclic amines) is 1. The molecule has 1 aliphatic rings. The third kappa shape index (κ3) is 6.54. The number of ether oxygens (including phenoxy) is 2. The summed E-state index contributed by atoms with van der Waals surface area (Å²) in [5.74, 6) is 0.0876. The van der Waals surface area contributed by atoms with E-state index in [1.54, 1.807) is 12.4 Å². The second-order valence-electron chi connectivity index (χ2n) is 9.85. The zero-order valence-electron chi connectivity index (χ0n) is 22.4. The topological polar surface area (TPSA) is 110 Å². The molecule has 0 aromatic carbocycles. The number of aromatic amines is 1. The molecule has 0 saturated carbocycles. The first-order chi connectivity index (χ1) is 19.1. The molecule has 0 radical (unpaired) electrons. The molecule has 4 aromatic heterocycles. The number of nitrogens with one attached hydrogen (secondary N) is 2. The number of rotatable bonds is 12. The van der Waals surface area contributed by atoms with Crippen LogP contribution < -0.4 is 5.32 Å². The number of hydrogen-bond donors (Lipinski definition) is 2. The van der Waals surface area contributed by atoms with Gasteiger partial charge < -0.3 is 29.2 Å². The number of urea groups is 1. The molecule has 1 fully saturated rings. The van der Waals surface area contributed by atoms with E-state index in [4.69, 9.17) is 14.5 Å². The number of halogens is 1. The molecular weight excluding hydrogens is 501 g/mol. The van der Waals surface area contributed by atoms with Crippen LogP contribution in [-0.4, -0.2) is 81.5 Å². The monoisotopic (exact) mass is 537 g/mol. The van der Waals surface area contributed by atoms with E-state index in [2.05, 4.69) is 31.8 Å². The zero-order valence-corrected chi connectivity index (χ0v) is 22.4. The highest BCUT2D eigenvalue weighted by Crippen LogP contribution is 2.29. The van der Waals surface area contributed by atoms with Gasteiger partial charge in [0.1, 0.15) is 17.1 Å². The lowest BCUT2D eigenvalue weighted by Gasteiger charge is -2.33. The summed E-state index contributed by atoms with van der Waals surface area (Å²) in [6, 6.07) is 3.43. The average Bonchev–Trinajstić information content (AvgIpc) is 3.57. The van der Waals surface area contributed by atoms with Crippen molar-refractivity contribution in [1.82, 2.24) is 34.7 Å². The Balaban J connectivity index is 1.17. The fourth-order valence-electron chi connectivity index (χ4n) is 5.01. The van der Waals surface area contributed by atoms with Crippen LogP contribution in [0.15, 0.2) is 36.9 Å². The molecule has 2 amide bonds. The number of piperidine rings is 1. The van der Waals surface area contributed by atoms with Crippen molar-refractivity contribution in [2.75, 3.05) is 46.1 Å². The highest BCUT2D eigenvalue weighted by molar-refractivity contribution is 5.92. The van der Waals surface area contributed by atoms with E-state index in [1.807, 2.05) is 17.2 Å². The van der Waals surface area contributed by atoms with Gasteiger partial charge in [-0.15, -0.1) is 0 Å². The molecule has 1 aliphatic heterocycles. The van der Waals surface area contributed by atoms with Crippen molar-refractivity contribution in [3.8, 4) is 11.4 Å².